The van der Waals surface area contributed by atoms with Crippen molar-refractivity contribution in [2.75, 3.05) is 19.6 Å². The van der Waals surface area contributed by atoms with E-state index in [4.69, 9.17) is 0 Å². The minimum absolute atomic E-state index is 0.0565. The molecule has 0 unspecified atom stereocenters. The highest BCUT2D eigenvalue weighted by molar-refractivity contribution is 6.21. The lowest BCUT2D eigenvalue weighted by molar-refractivity contribution is 0.321. The van der Waals surface area contributed by atoms with Crippen LogP contribution in [0.25, 0.3) is 17.3 Å². The van der Waals surface area contributed by atoms with Crippen LogP contribution in [0.1, 0.15) is 37.6 Å². The maximum absolute atomic E-state index is 12.7. The molecule has 0 atom stereocenters. The van der Waals surface area contributed by atoms with Crippen LogP contribution >= 0.6 is 0 Å². The number of fused-ring (bicyclic) bond motifs is 1. The van der Waals surface area contributed by atoms with Crippen LogP contribution in [-0.4, -0.2) is 40.5 Å². The number of hydrogen-bond acceptors (Lipinski definition) is 3. The number of allylic oxidation sites excluding steroid dienone is 1. The molecule has 0 spiro atoms. The molecule has 2 heterocycles. The van der Waals surface area contributed by atoms with Gasteiger partial charge in [-0.25, -0.2) is 4.68 Å². The maximum atomic E-state index is 12.7. The monoisotopic (exact) mass is 402 g/mol. The number of nitrogens with zero attached hydrogens (tertiary/aromatic N) is 3. The topological polar surface area (TPSA) is 53.4 Å². The Balaban J connectivity index is 0.000000318. The molecule has 0 aliphatic carbocycles. The summed E-state index contributed by atoms with van der Waals surface area (Å²) in [7, 11) is 0. The first-order valence-electron chi connectivity index (χ1n) is 10.5. The van der Waals surface area contributed by atoms with Crippen LogP contribution in [0.2, 0.25) is 0 Å². The molecular formula is C25H30N4O. The number of aryl methyl sites for hydroxylation is 1. The molecule has 4 rings (SSSR count). The molecule has 0 bridgehead atoms. The normalized spacial score (nSPS) is 13.4. The van der Waals surface area contributed by atoms with Crippen molar-refractivity contribution in [1.29, 1.82) is 0 Å². The van der Waals surface area contributed by atoms with Gasteiger partial charge in [0.25, 0.3) is 5.56 Å². The zero-order valence-corrected chi connectivity index (χ0v) is 18.2. The molecule has 2 aromatic carbocycles. The molecule has 5 nitrogen and oxygen atoms in total. The predicted molar refractivity (Wildman–Crippen MR) is 127 cm³/mol. The molecular weight excluding hydrogens is 372 g/mol. The molecule has 0 fully saturated rings. The smallest absolute Gasteiger partial charge is 0.278 e. The molecule has 0 amide bonds. The van der Waals surface area contributed by atoms with Gasteiger partial charge in [0.15, 0.2) is 0 Å². The number of nitrogens with one attached hydrogen (secondary N) is 1. The molecule has 1 aromatic heterocycles. The first-order valence-corrected chi connectivity index (χ1v) is 10.5. The summed E-state index contributed by atoms with van der Waals surface area (Å²) in [6.07, 6.45) is 3.71. The average molecular weight is 403 g/mol. The average Bonchev–Trinajstić information content (AvgIpc) is 3.32. The van der Waals surface area contributed by atoms with E-state index in [1.54, 1.807) is 4.68 Å². The lowest BCUT2D eigenvalue weighted by Crippen LogP contribution is -2.21. The van der Waals surface area contributed by atoms with Crippen LogP contribution in [-0.2, 0) is 0 Å². The molecule has 5 heteroatoms. The van der Waals surface area contributed by atoms with E-state index in [0.717, 1.165) is 28.2 Å². The Bertz CT molecular complexity index is 1080. The third kappa shape index (κ3) is 4.69. The van der Waals surface area contributed by atoms with Gasteiger partial charge in [0.2, 0.25) is 0 Å². The van der Waals surface area contributed by atoms with Gasteiger partial charge in [-0.05, 0) is 50.8 Å². The predicted octanol–water partition coefficient (Wildman–Crippen LogP) is 5.08. The van der Waals surface area contributed by atoms with Crippen LogP contribution in [0.15, 0.2) is 64.4 Å². The van der Waals surface area contributed by atoms with Crippen LogP contribution in [0.3, 0.4) is 0 Å². The number of hydrogen-bond donors (Lipinski definition) is 1. The first-order chi connectivity index (χ1) is 14.6. The van der Waals surface area contributed by atoms with Gasteiger partial charge in [0.1, 0.15) is 0 Å². The number of rotatable bonds is 5. The van der Waals surface area contributed by atoms with Crippen molar-refractivity contribution in [2.24, 2.45) is 4.99 Å². The minimum Gasteiger partial charge on any atom is -0.304 e. The van der Waals surface area contributed by atoms with Gasteiger partial charge in [0.05, 0.1) is 16.9 Å². The lowest BCUT2D eigenvalue weighted by Gasteiger charge is -2.13. The third-order valence-corrected chi connectivity index (χ3v) is 5.33. The zero-order valence-electron chi connectivity index (χ0n) is 18.2. The number of aromatic nitrogens is 2. The van der Waals surface area contributed by atoms with Gasteiger partial charge in [-0.15, -0.1) is 0 Å². The number of aromatic amines is 1. The fraction of sp³-hybridized carbons (Fsp3) is 0.280. The quantitative estimate of drug-likeness (QED) is 0.647. The number of H-pyrrole nitrogens is 1. The summed E-state index contributed by atoms with van der Waals surface area (Å²) in [6, 6.07) is 17.5. The van der Waals surface area contributed by atoms with Crippen molar-refractivity contribution in [1.82, 2.24) is 14.7 Å². The lowest BCUT2D eigenvalue weighted by atomic mass is 10.0. The Kier molecular flexibility index (Phi) is 7.20. The second kappa shape index (κ2) is 10.0. The van der Waals surface area contributed by atoms with Gasteiger partial charge in [-0.2, -0.15) is 0 Å². The standard InChI is InChI=1S/C19H15N3O.C6H15N/c1-13-17(11-14-12-20-18-10-6-5-9-16(14)18)19(23)22(21-13)15-7-3-2-4-8-15;1-4-7(5-2)6-3/h2-12,21H,1H3;4-6H2,1-3H3. The summed E-state index contributed by atoms with van der Waals surface area (Å²) >= 11 is 0. The maximum Gasteiger partial charge on any atom is 0.278 e. The van der Waals surface area contributed by atoms with Gasteiger partial charge in [-0.3, -0.25) is 14.9 Å². The Morgan fingerprint density at radius 2 is 1.60 bits per heavy atom. The zero-order chi connectivity index (χ0) is 21.5. The fourth-order valence-electron chi connectivity index (χ4n) is 3.47. The van der Waals surface area contributed by atoms with E-state index >= 15 is 0 Å². The summed E-state index contributed by atoms with van der Waals surface area (Å²) in [4.78, 5) is 19.5. The van der Waals surface area contributed by atoms with Gasteiger partial charge < -0.3 is 4.90 Å². The van der Waals surface area contributed by atoms with Crippen LogP contribution < -0.4 is 5.56 Å². The van der Waals surface area contributed by atoms with Crippen molar-refractivity contribution in [3.05, 3.63) is 81.8 Å². The van der Waals surface area contributed by atoms with E-state index in [1.165, 1.54) is 19.6 Å². The Hall–Kier alpha value is -3.18. The van der Waals surface area contributed by atoms with Crippen molar-refractivity contribution in [3.8, 4) is 5.69 Å². The highest BCUT2D eigenvalue weighted by Gasteiger charge is 2.15. The largest absolute Gasteiger partial charge is 0.304 e. The summed E-state index contributed by atoms with van der Waals surface area (Å²) < 4.78 is 1.57. The number of benzene rings is 2. The Morgan fingerprint density at radius 1 is 0.967 bits per heavy atom. The molecule has 0 saturated heterocycles. The van der Waals surface area contributed by atoms with E-state index in [9.17, 15) is 4.79 Å². The molecule has 1 N–H and O–H groups in total. The summed E-state index contributed by atoms with van der Waals surface area (Å²) in [5.74, 6) is 0. The summed E-state index contributed by atoms with van der Waals surface area (Å²) in [6.45, 7) is 12.0. The first kappa shape index (κ1) is 21.5. The van der Waals surface area contributed by atoms with E-state index in [1.807, 2.05) is 73.8 Å². The van der Waals surface area contributed by atoms with Crippen molar-refractivity contribution < 1.29 is 0 Å². The highest BCUT2D eigenvalue weighted by atomic mass is 16.1. The van der Waals surface area contributed by atoms with Gasteiger partial charge in [0, 0.05) is 23.0 Å². The summed E-state index contributed by atoms with van der Waals surface area (Å²) in [5.41, 5.74) is 5.22. The molecule has 3 aromatic rings. The fourth-order valence-corrected chi connectivity index (χ4v) is 3.47. The van der Waals surface area contributed by atoms with E-state index in [-0.39, 0.29) is 5.56 Å². The highest BCUT2D eigenvalue weighted by Crippen LogP contribution is 2.32. The number of aliphatic imine (C=N–C) groups is 1. The van der Waals surface area contributed by atoms with E-state index < -0.39 is 0 Å². The second-order valence-electron chi connectivity index (χ2n) is 7.12. The van der Waals surface area contributed by atoms with Crippen LogP contribution in [0, 0.1) is 6.92 Å². The molecule has 156 valence electrons. The van der Waals surface area contributed by atoms with Crippen LogP contribution in [0.5, 0.6) is 0 Å². The molecule has 30 heavy (non-hydrogen) atoms. The number of para-hydroxylation sites is 2. The van der Waals surface area contributed by atoms with Crippen molar-refractivity contribution in [2.45, 2.75) is 27.7 Å². The second-order valence-corrected chi connectivity index (χ2v) is 7.12. The van der Waals surface area contributed by atoms with E-state index in [0.29, 0.717) is 5.56 Å². The minimum atomic E-state index is -0.0565. The Morgan fingerprint density at radius 3 is 2.23 bits per heavy atom. The molecule has 1 aliphatic rings. The van der Waals surface area contributed by atoms with Crippen molar-refractivity contribution in [3.63, 3.8) is 0 Å². The third-order valence-electron chi connectivity index (χ3n) is 5.33. The van der Waals surface area contributed by atoms with E-state index in [2.05, 4.69) is 35.8 Å². The Labute approximate surface area is 178 Å². The van der Waals surface area contributed by atoms with Gasteiger partial charge in [-0.1, -0.05) is 57.2 Å². The van der Waals surface area contributed by atoms with Crippen molar-refractivity contribution >= 4 is 23.6 Å². The van der Waals surface area contributed by atoms with Gasteiger partial charge >= 0.3 is 0 Å². The van der Waals surface area contributed by atoms with Crippen LogP contribution in [0.4, 0.5) is 5.69 Å². The SMILES string of the molecule is CCN(CC)CC.Cc1[nH]n(-c2ccccc2)c(=O)c1C=C1C=Nc2ccccc21. The summed E-state index contributed by atoms with van der Waals surface area (Å²) in [5, 5.41) is 3.14. The molecule has 0 saturated carbocycles. The molecule has 0 radical (unpaired) electrons. The molecule has 1 aliphatic heterocycles.